The molecule has 126 valence electrons. The highest BCUT2D eigenvalue weighted by atomic mass is 16.6. The molecule has 0 unspecified atom stereocenters. The molecule has 0 aromatic carbocycles. The predicted octanol–water partition coefficient (Wildman–Crippen LogP) is 1.42. The van der Waals surface area contributed by atoms with Gasteiger partial charge in [-0.3, -0.25) is 4.79 Å². The molecule has 2 heterocycles. The Morgan fingerprint density at radius 2 is 1.54 bits per heavy atom. The number of rotatable bonds is 0. The van der Waals surface area contributed by atoms with Gasteiger partial charge in [0.1, 0.15) is 6.10 Å². The van der Waals surface area contributed by atoms with Gasteiger partial charge < -0.3 is 14.6 Å². The lowest BCUT2D eigenvalue weighted by molar-refractivity contribution is -0.335. The van der Waals surface area contributed by atoms with E-state index in [0.29, 0.717) is 59.2 Å². The minimum Gasteiger partial charge on any atom is -0.462 e. The summed E-state index contributed by atoms with van der Waals surface area (Å²) < 4.78 is 12.4. The third-order valence-electron chi connectivity index (χ3n) is 11.5. The minimum absolute atomic E-state index is 0.100. The SMILES string of the molecule is O=C1O[C@@H]2CC[C@@H]3[C@@H]2[C@H]2[C@H]4[C@H]5[C@H]6[C@@H]7CC[C@H]8O[C@H](O)[C@]([C@H]5[C@@H]78)([C@@H]34)[C@@]126. The van der Waals surface area contributed by atoms with Crippen LogP contribution in [0, 0.1) is 70.0 Å². The zero-order valence-electron chi connectivity index (χ0n) is 13.5. The van der Waals surface area contributed by atoms with Crippen molar-refractivity contribution in [1.82, 2.24) is 0 Å². The topological polar surface area (TPSA) is 55.8 Å². The maximum Gasteiger partial charge on any atom is 0.313 e. The highest BCUT2D eigenvalue weighted by molar-refractivity contribution is 5.85. The Kier molecular flexibility index (Phi) is 1.44. The van der Waals surface area contributed by atoms with Gasteiger partial charge in [0, 0.05) is 11.3 Å². The van der Waals surface area contributed by atoms with Crippen molar-refractivity contribution in [2.45, 2.75) is 44.2 Å². The van der Waals surface area contributed by atoms with Crippen LogP contribution in [0.3, 0.4) is 0 Å². The molecule has 8 bridgehead atoms. The Morgan fingerprint density at radius 3 is 2.42 bits per heavy atom. The highest BCUT2D eigenvalue weighted by Gasteiger charge is 3.02. The second-order valence-corrected chi connectivity index (χ2v) is 10.7. The van der Waals surface area contributed by atoms with Gasteiger partial charge in [-0.05, 0) is 78.9 Å². The quantitative estimate of drug-likeness (QED) is 0.684. The normalized spacial score (nSPS) is 81.9. The first-order valence-electron chi connectivity index (χ1n) is 10.3. The van der Waals surface area contributed by atoms with Crippen molar-refractivity contribution in [3.63, 3.8) is 0 Å². The number of aliphatic hydroxyl groups is 1. The summed E-state index contributed by atoms with van der Waals surface area (Å²) in [5, 5.41) is 11.4. The summed E-state index contributed by atoms with van der Waals surface area (Å²) in [6, 6.07) is 0. The van der Waals surface area contributed by atoms with Crippen molar-refractivity contribution in [2.75, 3.05) is 0 Å². The first-order valence-corrected chi connectivity index (χ1v) is 10.3. The fourth-order valence-corrected chi connectivity index (χ4v) is 12.3. The first kappa shape index (κ1) is 11.9. The van der Waals surface area contributed by atoms with Crippen LogP contribution in [0.15, 0.2) is 0 Å². The van der Waals surface area contributed by atoms with Crippen molar-refractivity contribution in [1.29, 1.82) is 0 Å². The van der Waals surface area contributed by atoms with Gasteiger partial charge in [0.15, 0.2) is 6.29 Å². The Bertz CT molecular complexity index is 747. The summed E-state index contributed by atoms with van der Waals surface area (Å²) in [5.41, 5.74) is -0.608. The lowest BCUT2D eigenvalue weighted by atomic mass is 9.42. The van der Waals surface area contributed by atoms with E-state index in [0.717, 1.165) is 12.8 Å². The number of hydrogen-bond acceptors (Lipinski definition) is 4. The molecule has 10 fully saturated rings. The largest absolute Gasteiger partial charge is 0.462 e. The highest BCUT2D eigenvalue weighted by Crippen LogP contribution is 2.99. The van der Waals surface area contributed by atoms with Gasteiger partial charge in [0.25, 0.3) is 0 Å². The second-order valence-electron chi connectivity index (χ2n) is 10.7. The predicted molar refractivity (Wildman–Crippen MR) is 79.0 cm³/mol. The van der Waals surface area contributed by atoms with E-state index in [2.05, 4.69) is 0 Å². The minimum atomic E-state index is -0.707. The van der Waals surface area contributed by atoms with E-state index in [1.54, 1.807) is 0 Å². The molecule has 15 atom stereocenters. The van der Waals surface area contributed by atoms with Crippen LogP contribution in [0.2, 0.25) is 0 Å². The van der Waals surface area contributed by atoms with E-state index >= 15 is 0 Å². The van der Waals surface area contributed by atoms with E-state index in [1.807, 2.05) is 0 Å². The van der Waals surface area contributed by atoms with Crippen LogP contribution >= 0.6 is 0 Å². The van der Waals surface area contributed by atoms with Crippen LogP contribution in [0.25, 0.3) is 0 Å². The average molecular weight is 326 g/mol. The van der Waals surface area contributed by atoms with Gasteiger partial charge in [0.2, 0.25) is 0 Å². The Labute approximate surface area is 140 Å². The van der Waals surface area contributed by atoms with E-state index in [-0.39, 0.29) is 29.0 Å². The first-order chi connectivity index (χ1) is 11.7. The Balaban J connectivity index is 1.44. The molecule has 4 nitrogen and oxygen atoms in total. The third-order valence-corrected chi connectivity index (χ3v) is 11.5. The zero-order valence-corrected chi connectivity index (χ0v) is 13.5. The second kappa shape index (κ2) is 2.90. The molecule has 0 radical (unpaired) electrons. The molecular formula is C20H22O4. The monoisotopic (exact) mass is 326 g/mol. The van der Waals surface area contributed by atoms with Crippen molar-refractivity contribution < 1.29 is 19.4 Å². The standard InChI is InChI=1S/C20H22O4/c21-17-19-13-5-1-3-7-9(5)15-11(13)12-14(20(15,19)18(22)23-7)6-2-4-8(24-17)10(6)16(12)19/h5-17,21H,1-4H2/t5-,6-,7-,8-,9+,10+,11+,12+,13+,14-,15+,16+,17+,19-,20-/m1/s1. The number of ether oxygens (including phenoxy) is 2. The summed E-state index contributed by atoms with van der Waals surface area (Å²) in [7, 11) is 0. The van der Waals surface area contributed by atoms with Crippen LogP contribution in [-0.2, 0) is 14.3 Å². The molecule has 24 heavy (non-hydrogen) atoms. The van der Waals surface area contributed by atoms with E-state index in [9.17, 15) is 9.90 Å². The molecule has 0 aromatic rings. The molecule has 2 spiro atoms. The van der Waals surface area contributed by atoms with Crippen LogP contribution in [-0.4, -0.2) is 29.6 Å². The summed E-state index contributed by atoms with van der Waals surface area (Å²) in [6.45, 7) is 0. The van der Waals surface area contributed by atoms with E-state index in [1.165, 1.54) is 12.8 Å². The number of carbonyl (C=O) groups excluding carboxylic acids is 1. The molecule has 10 aliphatic rings. The smallest absolute Gasteiger partial charge is 0.313 e. The van der Waals surface area contributed by atoms with Crippen molar-refractivity contribution in [3.05, 3.63) is 0 Å². The number of esters is 1. The Morgan fingerprint density at radius 1 is 0.833 bits per heavy atom. The van der Waals surface area contributed by atoms with Crippen molar-refractivity contribution in [2.24, 2.45) is 70.0 Å². The van der Waals surface area contributed by atoms with Crippen molar-refractivity contribution in [3.8, 4) is 0 Å². The molecule has 8 aliphatic carbocycles. The molecule has 0 aromatic heterocycles. The molecule has 8 saturated carbocycles. The van der Waals surface area contributed by atoms with Gasteiger partial charge in [-0.15, -0.1) is 0 Å². The maximum absolute atomic E-state index is 13.6. The third kappa shape index (κ3) is 0.680. The molecule has 1 N–H and O–H groups in total. The fourth-order valence-electron chi connectivity index (χ4n) is 12.3. The van der Waals surface area contributed by atoms with Gasteiger partial charge >= 0.3 is 5.97 Å². The van der Waals surface area contributed by atoms with Gasteiger partial charge in [0.05, 0.1) is 11.5 Å². The zero-order chi connectivity index (χ0) is 15.3. The lowest BCUT2D eigenvalue weighted by Crippen LogP contribution is -2.72. The number of aliphatic hydroxyl groups excluding tert-OH is 1. The molecular weight excluding hydrogens is 304 g/mol. The van der Waals surface area contributed by atoms with Gasteiger partial charge in [-0.25, -0.2) is 0 Å². The molecule has 4 heteroatoms. The molecule has 10 rings (SSSR count). The lowest BCUT2D eigenvalue weighted by Gasteiger charge is -2.65. The number of hydrogen-bond donors (Lipinski definition) is 1. The van der Waals surface area contributed by atoms with Crippen LogP contribution in [0.4, 0.5) is 0 Å². The van der Waals surface area contributed by atoms with Crippen LogP contribution < -0.4 is 0 Å². The number of carbonyl (C=O) groups is 1. The summed E-state index contributed by atoms with van der Waals surface area (Å²) in [4.78, 5) is 13.6. The fraction of sp³-hybridized carbons (Fsp3) is 0.950. The van der Waals surface area contributed by atoms with Gasteiger partial charge in [-0.1, -0.05) is 0 Å². The summed E-state index contributed by atoms with van der Waals surface area (Å²) in [5.74, 6) is 6.37. The summed E-state index contributed by atoms with van der Waals surface area (Å²) >= 11 is 0. The molecule has 2 saturated heterocycles. The van der Waals surface area contributed by atoms with Gasteiger partial charge in [-0.2, -0.15) is 0 Å². The van der Waals surface area contributed by atoms with Crippen molar-refractivity contribution >= 4 is 5.97 Å². The van der Waals surface area contributed by atoms with E-state index < -0.39 is 6.29 Å². The Hall–Kier alpha value is -0.610. The van der Waals surface area contributed by atoms with Crippen LogP contribution in [0.1, 0.15) is 25.7 Å². The van der Waals surface area contributed by atoms with E-state index in [4.69, 9.17) is 9.47 Å². The average Bonchev–Trinajstić information content (AvgIpc) is 3.34. The molecule has 2 aliphatic heterocycles. The summed E-state index contributed by atoms with van der Waals surface area (Å²) in [6.07, 6.45) is 4.37. The maximum atomic E-state index is 13.6. The molecule has 0 amide bonds. The van der Waals surface area contributed by atoms with Crippen LogP contribution in [0.5, 0.6) is 0 Å².